The lowest BCUT2D eigenvalue weighted by Gasteiger charge is -2.36. The third-order valence-electron chi connectivity index (χ3n) is 4.79. The second-order valence-corrected chi connectivity index (χ2v) is 6.27. The molecule has 0 amide bonds. The Balaban J connectivity index is 2.08. The predicted molar refractivity (Wildman–Crippen MR) is 77.4 cm³/mol. The van der Waals surface area contributed by atoms with Gasteiger partial charge in [-0.15, -0.1) is 0 Å². The molecule has 0 saturated heterocycles. The van der Waals surface area contributed by atoms with E-state index in [0.29, 0.717) is 0 Å². The van der Waals surface area contributed by atoms with Gasteiger partial charge in [0.2, 0.25) is 0 Å². The topological polar surface area (TPSA) is 29.3 Å². The van der Waals surface area contributed by atoms with Gasteiger partial charge in [0.25, 0.3) is 0 Å². The van der Waals surface area contributed by atoms with Gasteiger partial charge in [0.15, 0.2) is 0 Å². The van der Waals surface area contributed by atoms with Gasteiger partial charge in [0.1, 0.15) is 5.82 Å². The van der Waals surface area contributed by atoms with Gasteiger partial charge in [-0.25, -0.2) is 4.39 Å². The normalized spacial score (nSPS) is 28.8. The molecule has 3 unspecified atom stereocenters. The van der Waals surface area contributed by atoms with Crippen molar-refractivity contribution >= 4 is 0 Å². The van der Waals surface area contributed by atoms with E-state index in [0.717, 1.165) is 18.5 Å². The van der Waals surface area contributed by atoms with Gasteiger partial charge in [-0.3, -0.25) is 4.90 Å². The van der Waals surface area contributed by atoms with Crippen LogP contribution >= 0.6 is 0 Å². The fourth-order valence-electron chi connectivity index (χ4n) is 3.21. The van der Waals surface area contributed by atoms with Crippen LogP contribution in [0, 0.1) is 11.2 Å². The first-order valence-corrected chi connectivity index (χ1v) is 7.14. The van der Waals surface area contributed by atoms with Crippen LogP contribution in [-0.2, 0) is 0 Å². The summed E-state index contributed by atoms with van der Waals surface area (Å²) in [4.78, 5) is 2.23. The van der Waals surface area contributed by atoms with Crippen molar-refractivity contribution in [2.75, 3.05) is 13.6 Å². The van der Waals surface area contributed by atoms with Crippen molar-refractivity contribution in [2.24, 2.45) is 11.1 Å². The fourth-order valence-corrected chi connectivity index (χ4v) is 3.21. The van der Waals surface area contributed by atoms with Gasteiger partial charge in [-0.05, 0) is 38.3 Å². The molecule has 1 saturated carbocycles. The Kier molecular flexibility index (Phi) is 4.26. The van der Waals surface area contributed by atoms with Crippen LogP contribution in [0.1, 0.15) is 44.7 Å². The standard InChI is InChI=1S/C16H25FN2/c1-12(13-7-4-5-8-14(13)17)19(3)11-16(2)10-6-9-15(16)18/h4-5,7-8,12,15H,6,9-11,18H2,1-3H3. The first-order chi connectivity index (χ1) is 8.94. The van der Waals surface area contributed by atoms with E-state index >= 15 is 0 Å². The minimum absolute atomic E-state index is 0.0748. The van der Waals surface area contributed by atoms with Crippen LogP contribution < -0.4 is 5.73 Å². The maximum absolute atomic E-state index is 13.8. The minimum atomic E-state index is -0.122. The molecule has 1 aromatic rings. The highest BCUT2D eigenvalue weighted by Crippen LogP contribution is 2.38. The second-order valence-electron chi connectivity index (χ2n) is 6.27. The van der Waals surface area contributed by atoms with E-state index in [1.807, 2.05) is 12.1 Å². The van der Waals surface area contributed by atoms with Gasteiger partial charge < -0.3 is 5.73 Å². The van der Waals surface area contributed by atoms with Crippen LogP contribution in [-0.4, -0.2) is 24.5 Å². The first kappa shape index (κ1) is 14.5. The summed E-state index contributed by atoms with van der Waals surface area (Å²) in [6.45, 7) is 5.24. The lowest BCUT2D eigenvalue weighted by molar-refractivity contribution is 0.143. The molecule has 19 heavy (non-hydrogen) atoms. The average molecular weight is 264 g/mol. The van der Waals surface area contributed by atoms with Crippen molar-refractivity contribution in [2.45, 2.75) is 45.2 Å². The Morgan fingerprint density at radius 3 is 2.74 bits per heavy atom. The number of hydrogen-bond acceptors (Lipinski definition) is 2. The molecule has 0 aliphatic heterocycles. The summed E-state index contributed by atoms with van der Waals surface area (Å²) in [7, 11) is 2.06. The molecule has 0 heterocycles. The van der Waals surface area contributed by atoms with Crippen LogP contribution in [0.25, 0.3) is 0 Å². The fraction of sp³-hybridized carbons (Fsp3) is 0.625. The van der Waals surface area contributed by atoms with Gasteiger partial charge >= 0.3 is 0 Å². The number of nitrogens with two attached hydrogens (primary N) is 1. The van der Waals surface area contributed by atoms with Gasteiger partial charge in [0.05, 0.1) is 0 Å². The largest absolute Gasteiger partial charge is 0.327 e. The Bertz CT molecular complexity index is 435. The summed E-state index contributed by atoms with van der Waals surface area (Å²) in [5, 5.41) is 0. The number of hydrogen-bond donors (Lipinski definition) is 1. The molecule has 2 nitrogen and oxygen atoms in total. The Morgan fingerprint density at radius 2 is 2.16 bits per heavy atom. The Hall–Kier alpha value is -0.930. The molecule has 2 rings (SSSR count). The van der Waals surface area contributed by atoms with Crippen molar-refractivity contribution in [3.63, 3.8) is 0 Å². The molecule has 0 radical (unpaired) electrons. The molecule has 1 aromatic carbocycles. The summed E-state index contributed by atoms with van der Waals surface area (Å²) < 4.78 is 13.8. The predicted octanol–water partition coefficient (Wildman–Crippen LogP) is 3.34. The summed E-state index contributed by atoms with van der Waals surface area (Å²) in [5.41, 5.74) is 7.15. The molecule has 0 bridgehead atoms. The third kappa shape index (κ3) is 2.98. The molecule has 1 fully saturated rings. The molecular weight excluding hydrogens is 239 g/mol. The molecule has 3 atom stereocenters. The van der Waals surface area contributed by atoms with E-state index in [1.165, 1.54) is 18.9 Å². The average Bonchev–Trinajstić information content (AvgIpc) is 2.69. The molecular formula is C16H25FN2. The van der Waals surface area contributed by atoms with Crippen LogP contribution in [0.15, 0.2) is 24.3 Å². The molecule has 1 aliphatic carbocycles. The summed E-state index contributed by atoms with van der Waals surface area (Å²) in [6, 6.07) is 7.37. The van der Waals surface area contributed by atoms with E-state index in [2.05, 4.69) is 25.8 Å². The molecule has 2 N–H and O–H groups in total. The number of nitrogens with zero attached hydrogens (tertiary/aromatic N) is 1. The van der Waals surface area contributed by atoms with Crippen molar-refractivity contribution in [1.29, 1.82) is 0 Å². The van der Waals surface area contributed by atoms with Gasteiger partial charge in [-0.1, -0.05) is 31.5 Å². The van der Waals surface area contributed by atoms with Crippen molar-refractivity contribution < 1.29 is 4.39 Å². The van der Waals surface area contributed by atoms with E-state index in [1.54, 1.807) is 6.07 Å². The smallest absolute Gasteiger partial charge is 0.127 e. The zero-order valence-electron chi connectivity index (χ0n) is 12.2. The van der Waals surface area contributed by atoms with Gasteiger partial charge in [-0.2, -0.15) is 0 Å². The van der Waals surface area contributed by atoms with Crippen LogP contribution in [0.5, 0.6) is 0 Å². The zero-order valence-corrected chi connectivity index (χ0v) is 12.2. The summed E-state index contributed by atoms with van der Waals surface area (Å²) in [5.74, 6) is -0.122. The van der Waals surface area contributed by atoms with E-state index < -0.39 is 0 Å². The van der Waals surface area contributed by atoms with Crippen molar-refractivity contribution in [3.05, 3.63) is 35.6 Å². The van der Waals surface area contributed by atoms with Crippen molar-refractivity contribution in [3.8, 4) is 0 Å². The first-order valence-electron chi connectivity index (χ1n) is 7.14. The highest BCUT2D eigenvalue weighted by atomic mass is 19.1. The lowest BCUT2D eigenvalue weighted by atomic mass is 9.84. The maximum Gasteiger partial charge on any atom is 0.127 e. The summed E-state index contributed by atoms with van der Waals surface area (Å²) >= 11 is 0. The SMILES string of the molecule is CC(c1ccccc1F)N(C)CC1(C)CCCC1N. The molecule has 3 heteroatoms. The zero-order chi connectivity index (χ0) is 14.0. The third-order valence-corrected chi connectivity index (χ3v) is 4.79. The van der Waals surface area contributed by atoms with E-state index in [9.17, 15) is 4.39 Å². The van der Waals surface area contributed by atoms with Crippen LogP contribution in [0.3, 0.4) is 0 Å². The van der Waals surface area contributed by atoms with E-state index in [-0.39, 0.29) is 23.3 Å². The molecule has 0 aromatic heterocycles. The Labute approximate surface area is 115 Å². The lowest BCUT2D eigenvalue weighted by Crippen LogP contribution is -2.43. The number of halogens is 1. The minimum Gasteiger partial charge on any atom is -0.327 e. The quantitative estimate of drug-likeness (QED) is 0.903. The number of benzene rings is 1. The highest BCUT2D eigenvalue weighted by molar-refractivity contribution is 5.20. The maximum atomic E-state index is 13.8. The van der Waals surface area contributed by atoms with Gasteiger partial charge in [0, 0.05) is 24.2 Å². The van der Waals surface area contributed by atoms with Crippen LogP contribution in [0.4, 0.5) is 4.39 Å². The van der Waals surface area contributed by atoms with Crippen molar-refractivity contribution in [1.82, 2.24) is 4.90 Å². The monoisotopic (exact) mass is 264 g/mol. The van der Waals surface area contributed by atoms with Crippen LogP contribution in [0.2, 0.25) is 0 Å². The van der Waals surface area contributed by atoms with E-state index in [4.69, 9.17) is 5.73 Å². The summed E-state index contributed by atoms with van der Waals surface area (Å²) in [6.07, 6.45) is 3.49. The highest BCUT2D eigenvalue weighted by Gasteiger charge is 2.37. The Morgan fingerprint density at radius 1 is 1.47 bits per heavy atom. The molecule has 0 spiro atoms. The molecule has 1 aliphatic rings. The second kappa shape index (κ2) is 5.59. The number of rotatable bonds is 4. The molecule has 106 valence electrons.